The van der Waals surface area contributed by atoms with Crippen LogP contribution in [0, 0.1) is 5.41 Å². The molecule has 3 aromatic rings. The molecule has 1 saturated heterocycles. The maximum absolute atomic E-state index is 14.2. The van der Waals surface area contributed by atoms with Gasteiger partial charge in [0.2, 0.25) is 5.43 Å². The van der Waals surface area contributed by atoms with Crippen molar-refractivity contribution in [2.75, 3.05) is 19.8 Å². The first kappa shape index (κ1) is 25.2. The Kier molecular flexibility index (Phi) is 6.44. The maximum atomic E-state index is 14.2. The van der Waals surface area contributed by atoms with E-state index in [2.05, 4.69) is 11.9 Å². The molecule has 1 fully saturated rings. The van der Waals surface area contributed by atoms with E-state index in [0.29, 0.717) is 27.6 Å². The first-order valence-electron chi connectivity index (χ1n) is 11.9. The highest BCUT2D eigenvalue weighted by atomic mass is 31.2. The van der Waals surface area contributed by atoms with Crippen LogP contribution in [0.4, 0.5) is 0 Å². The van der Waals surface area contributed by atoms with Crippen molar-refractivity contribution in [2.24, 2.45) is 5.41 Å². The number of benzene rings is 2. The molecule has 3 heterocycles. The first-order chi connectivity index (χ1) is 17.6. The minimum absolute atomic E-state index is 0.00493. The van der Waals surface area contributed by atoms with E-state index < -0.39 is 19.5 Å². The lowest BCUT2D eigenvalue weighted by Crippen LogP contribution is -2.32. The second-order valence-electron chi connectivity index (χ2n) is 9.93. The zero-order chi connectivity index (χ0) is 26.4. The Morgan fingerprint density at radius 1 is 1.16 bits per heavy atom. The molecule has 1 atom stereocenters. The summed E-state index contributed by atoms with van der Waals surface area (Å²) >= 11 is 0. The van der Waals surface area contributed by atoms with E-state index in [4.69, 9.17) is 18.2 Å². The minimum Gasteiger partial charge on any atom is -0.458 e. The van der Waals surface area contributed by atoms with E-state index >= 15 is 0 Å². The van der Waals surface area contributed by atoms with Gasteiger partial charge >= 0.3 is 13.6 Å². The third-order valence-electron chi connectivity index (χ3n) is 6.47. The Hall–Kier alpha value is -3.45. The lowest BCUT2D eigenvalue weighted by molar-refractivity contribution is -0.138. The molecule has 5 rings (SSSR count). The summed E-state index contributed by atoms with van der Waals surface area (Å²) < 4.78 is 37.7. The third-order valence-corrected chi connectivity index (χ3v) is 8.59. The van der Waals surface area contributed by atoms with Gasteiger partial charge in [0.1, 0.15) is 17.8 Å². The Morgan fingerprint density at radius 2 is 1.86 bits per heavy atom. The maximum Gasteiger partial charge on any atom is 0.360 e. The van der Waals surface area contributed by atoms with Crippen LogP contribution in [0.3, 0.4) is 0 Å². The van der Waals surface area contributed by atoms with Gasteiger partial charge in [-0.3, -0.25) is 9.36 Å². The fraction of sp³-hybridized carbons (Fsp3) is 0.286. The van der Waals surface area contributed by atoms with Gasteiger partial charge in [-0.1, -0.05) is 50.8 Å². The molecule has 0 spiro atoms. The van der Waals surface area contributed by atoms with Gasteiger partial charge in [0.05, 0.1) is 40.8 Å². The number of ether oxygens (including phenoxy) is 1. The van der Waals surface area contributed by atoms with Crippen molar-refractivity contribution in [1.29, 1.82) is 0 Å². The summed E-state index contributed by atoms with van der Waals surface area (Å²) in [6.07, 6.45) is 2.99. The normalized spacial score (nSPS) is 20.8. The molecule has 1 aromatic heterocycles. The highest BCUT2D eigenvalue weighted by Gasteiger charge is 2.48. The van der Waals surface area contributed by atoms with Crippen LogP contribution in [0.15, 0.2) is 87.1 Å². The molecule has 0 radical (unpaired) electrons. The molecule has 192 valence electrons. The average molecular weight is 522 g/mol. The smallest absolute Gasteiger partial charge is 0.360 e. The lowest BCUT2D eigenvalue weighted by Gasteiger charge is -2.38. The molecule has 9 heteroatoms. The van der Waals surface area contributed by atoms with Gasteiger partial charge in [0, 0.05) is 22.9 Å². The fourth-order valence-corrected chi connectivity index (χ4v) is 7.05. The monoisotopic (exact) mass is 521 g/mol. The van der Waals surface area contributed by atoms with Gasteiger partial charge < -0.3 is 23.5 Å². The standard InChI is InChI=1S/C28H28NO7P/c1-5-13-33-27(31)21-14-29-17(2)26(37(32)34-15-28(3,4)16-35-37)23(21)19-10-8-11-20-24(30)18-9-6-7-12-22(18)36-25(19)20/h5-12,14,23,29H,1,13,15-16H2,2-4H3. The van der Waals surface area contributed by atoms with Crippen LogP contribution in [0.5, 0.6) is 0 Å². The summed E-state index contributed by atoms with van der Waals surface area (Å²) in [6.45, 7) is 9.68. The molecule has 0 bridgehead atoms. The van der Waals surface area contributed by atoms with Crippen molar-refractivity contribution in [1.82, 2.24) is 5.32 Å². The molecule has 2 aliphatic rings. The zero-order valence-electron chi connectivity index (χ0n) is 20.9. The van der Waals surface area contributed by atoms with Crippen LogP contribution in [0.2, 0.25) is 0 Å². The second-order valence-corrected chi connectivity index (χ2v) is 11.9. The fourth-order valence-electron chi connectivity index (χ4n) is 4.59. The molecule has 0 aliphatic carbocycles. The number of hydrogen-bond acceptors (Lipinski definition) is 8. The predicted molar refractivity (Wildman–Crippen MR) is 141 cm³/mol. The van der Waals surface area contributed by atoms with Crippen molar-refractivity contribution in [3.05, 3.63) is 93.7 Å². The van der Waals surface area contributed by atoms with Crippen LogP contribution < -0.4 is 10.7 Å². The predicted octanol–water partition coefficient (Wildman–Crippen LogP) is 5.74. The van der Waals surface area contributed by atoms with Gasteiger partial charge in [0.25, 0.3) is 0 Å². The number of rotatable bonds is 5. The Balaban J connectivity index is 1.75. The number of para-hydroxylation sites is 2. The van der Waals surface area contributed by atoms with Gasteiger partial charge in [-0.05, 0) is 25.1 Å². The molecule has 37 heavy (non-hydrogen) atoms. The van der Waals surface area contributed by atoms with Crippen LogP contribution in [-0.2, 0) is 23.1 Å². The quantitative estimate of drug-likeness (QED) is 0.196. The lowest BCUT2D eigenvalue weighted by atomic mass is 9.87. The molecule has 1 unspecified atom stereocenters. The summed E-state index contributed by atoms with van der Waals surface area (Å²) in [7, 11) is -3.86. The van der Waals surface area contributed by atoms with Gasteiger partial charge in [0.15, 0.2) is 0 Å². The van der Waals surface area contributed by atoms with Gasteiger partial charge in [-0.2, -0.15) is 0 Å². The van der Waals surface area contributed by atoms with Crippen molar-refractivity contribution in [3.63, 3.8) is 0 Å². The summed E-state index contributed by atoms with van der Waals surface area (Å²) in [5.41, 5.74) is 1.34. The van der Waals surface area contributed by atoms with E-state index in [-0.39, 0.29) is 47.1 Å². The van der Waals surface area contributed by atoms with Crippen molar-refractivity contribution < 1.29 is 27.6 Å². The van der Waals surface area contributed by atoms with E-state index in [1.165, 1.54) is 12.3 Å². The molecule has 2 aromatic carbocycles. The zero-order valence-corrected chi connectivity index (χ0v) is 21.8. The summed E-state index contributed by atoms with van der Waals surface area (Å²) in [4.78, 5) is 26.6. The first-order valence-corrected chi connectivity index (χ1v) is 13.5. The largest absolute Gasteiger partial charge is 0.458 e. The number of fused-ring (bicyclic) bond motifs is 2. The SMILES string of the molecule is C=CCOC(=O)C1=CNC(C)=C(P2(=O)OCC(C)(C)CO2)C1c1cccc2c(=O)c3ccccc3oc12. The number of allylic oxidation sites excluding steroid dienone is 2. The summed E-state index contributed by atoms with van der Waals surface area (Å²) in [5.74, 6) is -1.55. The number of nitrogens with one attached hydrogen (secondary N) is 1. The van der Waals surface area contributed by atoms with E-state index in [0.717, 1.165) is 0 Å². The van der Waals surface area contributed by atoms with Crippen LogP contribution >= 0.6 is 7.60 Å². The molecule has 8 nitrogen and oxygen atoms in total. The molecule has 0 saturated carbocycles. The second kappa shape index (κ2) is 9.45. The van der Waals surface area contributed by atoms with Crippen LogP contribution in [-0.4, -0.2) is 25.8 Å². The van der Waals surface area contributed by atoms with Crippen molar-refractivity contribution in [2.45, 2.75) is 26.7 Å². The number of hydrogen-bond donors (Lipinski definition) is 1. The number of esters is 1. The number of carbonyl (C=O) groups is 1. The van der Waals surface area contributed by atoms with E-state index in [1.807, 2.05) is 13.8 Å². The van der Waals surface area contributed by atoms with Gasteiger partial charge in [-0.25, -0.2) is 4.79 Å². The minimum atomic E-state index is -3.86. The molecular formula is C28H28NO7P. The highest BCUT2D eigenvalue weighted by molar-refractivity contribution is 7.58. The summed E-state index contributed by atoms with van der Waals surface area (Å²) in [5, 5.41) is 4.10. The molecule has 2 aliphatic heterocycles. The van der Waals surface area contributed by atoms with Gasteiger partial charge in [-0.15, -0.1) is 0 Å². The Morgan fingerprint density at radius 3 is 2.59 bits per heavy atom. The molecular weight excluding hydrogens is 493 g/mol. The highest BCUT2D eigenvalue weighted by Crippen LogP contribution is 2.66. The topological polar surface area (TPSA) is 104 Å². The van der Waals surface area contributed by atoms with E-state index in [9.17, 15) is 14.2 Å². The van der Waals surface area contributed by atoms with Crippen molar-refractivity contribution >= 4 is 35.5 Å². The Bertz CT molecular complexity index is 1580. The van der Waals surface area contributed by atoms with Crippen LogP contribution in [0.1, 0.15) is 32.3 Å². The average Bonchev–Trinajstić information content (AvgIpc) is 2.89. The third kappa shape index (κ3) is 4.46. The number of dihydropyridines is 1. The van der Waals surface area contributed by atoms with Crippen LogP contribution in [0.25, 0.3) is 21.9 Å². The Labute approximate surface area is 214 Å². The number of carbonyl (C=O) groups excluding carboxylic acids is 1. The van der Waals surface area contributed by atoms with Crippen molar-refractivity contribution in [3.8, 4) is 0 Å². The molecule has 0 amide bonds. The summed E-state index contributed by atoms with van der Waals surface area (Å²) in [6, 6.07) is 12.1. The van der Waals surface area contributed by atoms with E-state index in [1.54, 1.807) is 49.4 Å². The molecule has 1 N–H and O–H groups in total.